The standard InChI is InChI=1S/C19H18N6O/c1-15(12-16-8-4-2-5-9-16)13-20-21-18(26)14-25-23-19(22-24-25)17-10-6-3-7-11-17/h2-13H,14H2,1H3,(H,21,26)/b15-12+,20-13-. The molecule has 1 amide bonds. The van der Waals surface area contributed by atoms with Crippen LogP contribution in [0, 0.1) is 0 Å². The summed E-state index contributed by atoms with van der Waals surface area (Å²) in [6.45, 7) is 1.85. The molecule has 3 rings (SSSR count). The Bertz CT molecular complexity index is 915. The summed E-state index contributed by atoms with van der Waals surface area (Å²) in [7, 11) is 0. The number of rotatable bonds is 6. The van der Waals surface area contributed by atoms with Gasteiger partial charge in [0.2, 0.25) is 5.82 Å². The van der Waals surface area contributed by atoms with Crippen LogP contribution in [0.2, 0.25) is 0 Å². The number of nitrogens with one attached hydrogen (secondary N) is 1. The SMILES string of the molecule is CC(/C=N\NC(=O)Cn1nnc(-c2ccccc2)n1)=C\c1ccccc1. The number of tetrazole rings is 1. The molecular weight excluding hydrogens is 328 g/mol. The van der Waals surface area contributed by atoms with Crippen LogP contribution in [0.4, 0.5) is 0 Å². The molecule has 2 aromatic carbocycles. The van der Waals surface area contributed by atoms with Crippen molar-refractivity contribution < 1.29 is 4.79 Å². The zero-order valence-corrected chi connectivity index (χ0v) is 14.3. The van der Waals surface area contributed by atoms with Crippen LogP contribution in [0.1, 0.15) is 12.5 Å². The lowest BCUT2D eigenvalue weighted by molar-refractivity contribution is -0.122. The molecule has 0 aliphatic heterocycles. The van der Waals surface area contributed by atoms with Crippen molar-refractivity contribution in [2.45, 2.75) is 13.5 Å². The number of allylic oxidation sites excluding steroid dienone is 1. The Labute approximate surface area is 151 Å². The van der Waals surface area contributed by atoms with E-state index in [9.17, 15) is 4.79 Å². The van der Waals surface area contributed by atoms with Gasteiger partial charge in [-0.25, -0.2) is 5.43 Å². The van der Waals surface area contributed by atoms with Crippen LogP contribution in [0.15, 0.2) is 71.3 Å². The molecule has 7 nitrogen and oxygen atoms in total. The van der Waals surface area contributed by atoms with E-state index < -0.39 is 0 Å². The van der Waals surface area contributed by atoms with E-state index in [-0.39, 0.29) is 12.5 Å². The number of hydrogen-bond acceptors (Lipinski definition) is 5. The largest absolute Gasteiger partial charge is 0.271 e. The second-order valence-electron chi connectivity index (χ2n) is 5.60. The van der Waals surface area contributed by atoms with Crippen molar-refractivity contribution in [3.63, 3.8) is 0 Å². The third kappa shape index (κ3) is 4.94. The summed E-state index contributed by atoms with van der Waals surface area (Å²) in [6.07, 6.45) is 3.57. The number of nitrogens with zero attached hydrogens (tertiary/aromatic N) is 5. The Kier molecular flexibility index (Phi) is 5.61. The molecule has 0 bridgehead atoms. The van der Waals surface area contributed by atoms with Crippen molar-refractivity contribution in [1.82, 2.24) is 25.6 Å². The van der Waals surface area contributed by atoms with E-state index in [1.165, 1.54) is 4.80 Å². The van der Waals surface area contributed by atoms with Gasteiger partial charge in [-0.15, -0.1) is 10.2 Å². The Balaban J connectivity index is 1.53. The lowest BCUT2D eigenvalue weighted by atomic mass is 10.1. The van der Waals surface area contributed by atoms with Crippen molar-refractivity contribution in [3.05, 3.63) is 71.8 Å². The number of carbonyl (C=O) groups excluding carboxylic acids is 1. The highest BCUT2D eigenvalue weighted by molar-refractivity contribution is 5.86. The first-order valence-electron chi connectivity index (χ1n) is 8.09. The molecule has 1 aromatic heterocycles. The fourth-order valence-electron chi connectivity index (χ4n) is 2.23. The Morgan fingerprint density at radius 2 is 1.81 bits per heavy atom. The monoisotopic (exact) mass is 346 g/mol. The highest BCUT2D eigenvalue weighted by atomic mass is 16.2. The van der Waals surface area contributed by atoms with Crippen LogP contribution in [-0.2, 0) is 11.3 Å². The van der Waals surface area contributed by atoms with E-state index >= 15 is 0 Å². The van der Waals surface area contributed by atoms with Gasteiger partial charge in [-0.05, 0) is 23.3 Å². The molecule has 0 fully saturated rings. The van der Waals surface area contributed by atoms with E-state index in [4.69, 9.17) is 0 Å². The van der Waals surface area contributed by atoms with E-state index in [1.54, 1.807) is 6.21 Å². The lowest BCUT2D eigenvalue weighted by Crippen LogP contribution is -2.24. The molecule has 3 aromatic rings. The maximum absolute atomic E-state index is 11.9. The third-order valence-corrected chi connectivity index (χ3v) is 3.42. The van der Waals surface area contributed by atoms with E-state index in [0.717, 1.165) is 16.7 Å². The van der Waals surface area contributed by atoms with Gasteiger partial charge in [0.1, 0.15) is 6.54 Å². The fourth-order valence-corrected chi connectivity index (χ4v) is 2.23. The van der Waals surface area contributed by atoms with Crippen LogP contribution < -0.4 is 5.43 Å². The van der Waals surface area contributed by atoms with E-state index in [0.29, 0.717) is 5.82 Å². The van der Waals surface area contributed by atoms with Crippen LogP contribution >= 0.6 is 0 Å². The zero-order chi connectivity index (χ0) is 18.2. The Hall–Kier alpha value is -3.61. The summed E-state index contributed by atoms with van der Waals surface area (Å²) in [5.74, 6) is 0.148. The molecule has 130 valence electrons. The van der Waals surface area contributed by atoms with E-state index in [2.05, 4.69) is 25.9 Å². The number of carbonyl (C=O) groups is 1. The molecule has 1 heterocycles. The summed E-state index contributed by atoms with van der Waals surface area (Å²) in [6, 6.07) is 19.3. The second kappa shape index (κ2) is 8.48. The van der Waals surface area contributed by atoms with Crippen molar-refractivity contribution in [2.75, 3.05) is 0 Å². The van der Waals surface area contributed by atoms with Crippen LogP contribution in [0.25, 0.3) is 17.5 Å². The highest BCUT2D eigenvalue weighted by Gasteiger charge is 2.08. The van der Waals surface area contributed by atoms with Crippen molar-refractivity contribution in [2.24, 2.45) is 5.10 Å². The van der Waals surface area contributed by atoms with Crippen molar-refractivity contribution in [3.8, 4) is 11.4 Å². The van der Waals surface area contributed by atoms with Gasteiger partial charge >= 0.3 is 0 Å². The number of amides is 1. The molecule has 0 atom stereocenters. The minimum atomic E-state index is -0.328. The maximum Gasteiger partial charge on any atom is 0.263 e. The van der Waals surface area contributed by atoms with Gasteiger partial charge in [0.25, 0.3) is 5.91 Å². The van der Waals surface area contributed by atoms with Crippen LogP contribution in [0.3, 0.4) is 0 Å². The van der Waals surface area contributed by atoms with E-state index in [1.807, 2.05) is 73.7 Å². The molecule has 0 spiro atoms. The highest BCUT2D eigenvalue weighted by Crippen LogP contribution is 2.11. The lowest BCUT2D eigenvalue weighted by Gasteiger charge is -1.98. The van der Waals surface area contributed by atoms with Gasteiger partial charge in [-0.2, -0.15) is 9.90 Å². The first kappa shape index (κ1) is 17.2. The Morgan fingerprint density at radius 1 is 1.12 bits per heavy atom. The van der Waals surface area contributed by atoms with Crippen molar-refractivity contribution in [1.29, 1.82) is 0 Å². The molecule has 0 saturated carbocycles. The summed E-state index contributed by atoms with van der Waals surface area (Å²) in [5, 5.41) is 16.0. The van der Waals surface area contributed by atoms with Crippen molar-refractivity contribution >= 4 is 18.2 Å². The van der Waals surface area contributed by atoms with Gasteiger partial charge < -0.3 is 0 Å². The first-order valence-corrected chi connectivity index (χ1v) is 8.09. The molecule has 0 unspecified atom stereocenters. The van der Waals surface area contributed by atoms with Gasteiger partial charge in [-0.3, -0.25) is 4.79 Å². The fraction of sp³-hybridized carbons (Fsp3) is 0.105. The average Bonchev–Trinajstić information content (AvgIpc) is 3.11. The average molecular weight is 346 g/mol. The molecule has 0 radical (unpaired) electrons. The molecule has 0 aliphatic carbocycles. The molecular formula is C19H18N6O. The molecule has 0 aliphatic rings. The van der Waals surface area contributed by atoms with Gasteiger partial charge in [0, 0.05) is 5.56 Å². The number of benzene rings is 2. The summed E-state index contributed by atoms with van der Waals surface area (Å²) >= 11 is 0. The second-order valence-corrected chi connectivity index (χ2v) is 5.60. The van der Waals surface area contributed by atoms with Crippen LogP contribution in [0.5, 0.6) is 0 Å². The van der Waals surface area contributed by atoms with Gasteiger partial charge in [0.05, 0.1) is 6.21 Å². The summed E-state index contributed by atoms with van der Waals surface area (Å²) < 4.78 is 0. The predicted molar refractivity (Wildman–Crippen MR) is 100.0 cm³/mol. The van der Waals surface area contributed by atoms with Crippen LogP contribution in [-0.4, -0.2) is 32.3 Å². The zero-order valence-electron chi connectivity index (χ0n) is 14.3. The maximum atomic E-state index is 11.9. The van der Waals surface area contributed by atoms with Gasteiger partial charge in [-0.1, -0.05) is 66.7 Å². The molecule has 7 heteroatoms. The normalized spacial score (nSPS) is 11.7. The minimum absolute atomic E-state index is 0.0569. The smallest absolute Gasteiger partial charge is 0.263 e. The van der Waals surface area contributed by atoms with Gasteiger partial charge in [0.15, 0.2) is 0 Å². The number of hydrogen-bond donors (Lipinski definition) is 1. The quantitative estimate of drug-likeness (QED) is 0.549. The number of hydrazone groups is 1. The minimum Gasteiger partial charge on any atom is -0.271 e. The topological polar surface area (TPSA) is 85.1 Å². The third-order valence-electron chi connectivity index (χ3n) is 3.42. The molecule has 1 N–H and O–H groups in total. The predicted octanol–water partition coefficient (Wildman–Crippen LogP) is 2.55. The first-order chi connectivity index (χ1) is 12.7. The summed E-state index contributed by atoms with van der Waals surface area (Å²) in [5.41, 5.74) is 5.29. The summed E-state index contributed by atoms with van der Waals surface area (Å²) in [4.78, 5) is 13.2. The molecule has 26 heavy (non-hydrogen) atoms. The Morgan fingerprint density at radius 3 is 2.54 bits per heavy atom. The molecule has 0 saturated heterocycles. The number of aromatic nitrogens is 4.